The van der Waals surface area contributed by atoms with Gasteiger partial charge in [0.15, 0.2) is 0 Å². The van der Waals surface area contributed by atoms with Crippen molar-refractivity contribution in [3.63, 3.8) is 0 Å². The summed E-state index contributed by atoms with van der Waals surface area (Å²) in [5.74, 6) is -0.331. The van der Waals surface area contributed by atoms with Gasteiger partial charge in [-0.2, -0.15) is 0 Å². The number of hydrogen-bond acceptors (Lipinski definition) is 3. The van der Waals surface area contributed by atoms with E-state index in [2.05, 4.69) is 60.0 Å². The largest absolute Gasteiger partial charge is 0.350 e. The highest BCUT2D eigenvalue weighted by Crippen LogP contribution is 2.19. The number of halogens is 1. The number of sulfonamides is 1. The molecule has 2 aromatic rings. The molecule has 0 aliphatic heterocycles. The Morgan fingerprint density at radius 2 is 1.70 bits per heavy atom. The van der Waals surface area contributed by atoms with E-state index in [0.717, 1.165) is 32.5 Å². The second-order valence-electron chi connectivity index (χ2n) is 6.33. The summed E-state index contributed by atoms with van der Waals surface area (Å²) in [7, 11) is -3.56. The minimum Gasteiger partial charge on any atom is -0.350 e. The van der Waals surface area contributed by atoms with Crippen molar-refractivity contribution in [2.45, 2.75) is 33.2 Å². The van der Waals surface area contributed by atoms with E-state index in [9.17, 15) is 13.2 Å². The van der Waals surface area contributed by atoms with Crippen molar-refractivity contribution >= 4 is 44.2 Å². The average molecular weight is 500 g/mol. The van der Waals surface area contributed by atoms with Gasteiger partial charge in [-0.05, 0) is 76.4 Å². The van der Waals surface area contributed by atoms with E-state index in [4.69, 9.17) is 0 Å². The molecule has 5 nitrogen and oxygen atoms in total. The molecular weight excluding hydrogens is 475 g/mol. The zero-order valence-corrected chi connectivity index (χ0v) is 18.8. The molecule has 0 unspecified atom stereocenters. The van der Waals surface area contributed by atoms with Gasteiger partial charge < -0.3 is 5.32 Å². The first kappa shape index (κ1) is 21.7. The molecule has 0 fully saturated rings. The van der Waals surface area contributed by atoms with Gasteiger partial charge in [0, 0.05) is 10.1 Å². The number of amides is 1. The maximum atomic E-state index is 12.4. The molecule has 2 aromatic carbocycles. The first-order valence-electron chi connectivity index (χ1n) is 8.85. The van der Waals surface area contributed by atoms with Crippen LogP contribution in [0.5, 0.6) is 0 Å². The van der Waals surface area contributed by atoms with E-state index in [0.29, 0.717) is 12.2 Å². The molecule has 27 heavy (non-hydrogen) atoms. The Labute approximate surface area is 175 Å². The molecule has 0 bridgehead atoms. The second-order valence-corrected chi connectivity index (χ2v) is 9.49. The van der Waals surface area contributed by atoms with Gasteiger partial charge in [0.05, 0.1) is 11.9 Å². The topological polar surface area (TPSA) is 66.5 Å². The third kappa shape index (κ3) is 6.21. The van der Waals surface area contributed by atoms with E-state index in [1.165, 1.54) is 11.1 Å². The fourth-order valence-corrected chi connectivity index (χ4v) is 4.01. The summed E-state index contributed by atoms with van der Waals surface area (Å²) in [5.41, 5.74) is 3.96. The molecule has 0 atom stereocenters. The molecule has 0 spiro atoms. The number of nitrogens with zero attached hydrogens (tertiary/aromatic N) is 1. The second kappa shape index (κ2) is 9.54. The molecule has 0 aliphatic carbocycles. The van der Waals surface area contributed by atoms with Gasteiger partial charge in [0.1, 0.15) is 6.54 Å². The number of aryl methyl sites for hydroxylation is 2. The lowest BCUT2D eigenvalue weighted by Crippen LogP contribution is -2.40. The Hall–Kier alpha value is -1.61. The lowest BCUT2D eigenvalue weighted by atomic mass is 10.0. The Bertz CT molecular complexity index is 896. The predicted molar refractivity (Wildman–Crippen MR) is 118 cm³/mol. The van der Waals surface area contributed by atoms with Crippen molar-refractivity contribution in [3.05, 3.63) is 62.7 Å². The molecule has 1 amide bonds. The van der Waals surface area contributed by atoms with Crippen LogP contribution in [0.25, 0.3) is 0 Å². The zero-order chi connectivity index (χ0) is 20.0. The van der Waals surface area contributed by atoms with Crippen molar-refractivity contribution in [3.8, 4) is 0 Å². The molecule has 2 rings (SSSR count). The summed E-state index contributed by atoms with van der Waals surface area (Å²) >= 11 is 2.15. The Morgan fingerprint density at radius 1 is 1.04 bits per heavy atom. The minimum atomic E-state index is -3.56. The molecule has 1 N–H and O–H groups in total. The van der Waals surface area contributed by atoms with Crippen LogP contribution in [0.15, 0.2) is 42.5 Å². The van der Waals surface area contributed by atoms with Crippen molar-refractivity contribution in [2.75, 3.05) is 17.1 Å². The van der Waals surface area contributed by atoms with Gasteiger partial charge in [0.25, 0.3) is 0 Å². The molecule has 146 valence electrons. The monoisotopic (exact) mass is 500 g/mol. The van der Waals surface area contributed by atoms with Gasteiger partial charge in [-0.1, -0.05) is 32.0 Å². The number of benzene rings is 2. The lowest BCUT2D eigenvalue weighted by Gasteiger charge is -2.22. The minimum absolute atomic E-state index is 0.242. The van der Waals surface area contributed by atoms with Crippen LogP contribution in [0.3, 0.4) is 0 Å². The van der Waals surface area contributed by atoms with Crippen molar-refractivity contribution < 1.29 is 13.2 Å². The summed E-state index contributed by atoms with van der Waals surface area (Å²) in [4.78, 5) is 12.4. The molecule has 0 radical (unpaired) electrons. The number of carbonyl (C=O) groups is 1. The molecule has 0 aromatic heterocycles. The Balaban J connectivity index is 2.12. The smallest absolute Gasteiger partial charge is 0.241 e. The Morgan fingerprint density at radius 3 is 2.26 bits per heavy atom. The molecule has 0 aliphatic rings. The number of nitrogens with one attached hydrogen (secondary N) is 1. The molecule has 0 heterocycles. The van der Waals surface area contributed by atoms with Gasteiger partial charge in [0.2, 0.25) is 15.9 Å². The molecule has 0 saturated heterocycles. The maximum absolute atomic E-state index is 12.4. The number of hydrogen-bond donors (Lipinski definition) is 1. The van der Waals surface area contributed by atoms with Gasteiger partial charge in [-0.3, -0.25) is 9.10 Å². The highest BCUT2D eigenvalue weighted by molar-refractivity contribution is 14.1. The van der Waals surface area contributed by atoms with Crippen LogP contribution in [-0.4, -0.2) is 27.1 Å². The van der Waals surface area contributed by atoms with Crippen LogP contribution in [0.2, 0.25) is 0 Å². The first-order valence-corrected chi connectivity index (χ1v) is 11.8. The van der Waals surface area contributed by atoms with Crippen LogP contribution in [0.4, 0.5) is 5.69 Å². The van der Waals surface area contributed by atoms with Crippen LogP contribution in [0.1, 0.15) is 30.5 Å². The van der Waals surface area contributed by atoms with E-state index in [1.807, 2.05) is 12.1 Å². The standard InChI is InChI=1S/C20H25IN2O3S/c1-4-15-6-7-16(5-2)17(12-15)13-22-20(24)14-23(27(3,25)26)19-10-8-18(21)9-11-19/h6-12H,4-5,13-14H2,1-3H3,(H,22,24). The van der Waals surface area contributed by atoms with Crippen molar-refractivity contribution in [1.29, 1.82) is 0 Å². The van der Waals surface area contributed by atoms with E-state index in [1.54, 1.807) is 12.1 Å². The third-order valence-corrected chi connectivity index (χ3v) is 6.20. The highest BCUT2D eigenvalue weighted by Gasteiger charge is 2.20. The molecular formula is C20H25IN2O3S. The number of anilines is 1. The van der Waals surface area contributed by atoms with Gasteiger partial charge >= 0.3 is 0 Å². The fraction of sp³-hybridized carbons (Fsp3) is 0.350. The first-order chi connectivity index (χ1) is 12.7. The van der Waals surface area contributed by atoms with Gasteiger partial charge in [-0.25, -0.2) is 8.42 Å². The van der Waals surface area contributed by atoms with Gasteiger partial charge in [-0.15, -0.1) is 0 Å². The summed E-state index contributed by atoms with van der Waals surface area (Å²) in [6.07, 6.45) is 2.92. The van der Waals surface area contributed by atoms with Crippen molar-refractivity contribution in [1.82, 2.24) is 5.32 Å². The van der Waals surface area contributed by atoms with E-state index >= 15 is 0 Å². The van der Waals surface area contributed by atoms with Crippen LogP contribution >= 0.6 is 22.6 Å². The van der Waals surface area contributed by atoms with Crippen molar-refractivity contribution in [2.24, 2.45) is 0 Å². The third-order valence-electron chi connectivity index (χ3n) is 4.34. The quantitative estimate of drug-likeness (QED) is 0.565. The number of rotatable bonds is 8. The summed E-state index contributed by atoms with van der Waals surface area (Å²) in [6, 6.07) is 13.3. The fourth-order valence-electron chi connectivity index (χ4n) is 2.80. The highest BCUT2D eigenvalue weighted by atomic mass is 127. The van der Waals surface area contributed by atoms with E-state index in [-0.39, 0.29) is 12.5 Å². The SMILES string of the molecule is CCc1ccc(CC)c(CNC(=O)CN(c2ccc(I)cc2)S(C)(=O)=O)c1. The van der Waals surface area contributed by atoms with Crippen LogP contribution in [0, 0.1) is 3.57 Å². The lowest BCUT2D eigenvalue weighted by molar-refractivity contribution is -0.119. The van der Waals surface area contributed by atoms with Crippen LogP contribution in [-0.2, 0) is 34.2 Å². The summed E-state index contributed by atoms with van der Waals surface area (Å²) in [5, 5.41) is 2.86. The summed E-state index contributed by atoms with van der Waals surface area (Å²) in [6.45, 7) is 4.32. The molecule has 7 heteroatoms. The normalized spacial score (nSPS) is 11.3. The predicted octanol–water partition coefficient (Wildman–Crippen LogP) is 3.50. The van der Waals surface area contributed by atoms with E-state index < -0.39 is 10.0 Å². The number of carbonyl (C=O) groups excluding carboxylic acids is 1. The Kier molecular flexibility index (Phi) is 7.67. The maximum Gasteiger partial charge on any atom is 0.241 e. The van der Waals surface area contributed by atoms with Crippen LogP contribution < -0.4 is 9.62 Å². The zero-order valence-electron chi connectivity index (χ0n) is 15.8. The summed E-state index contributed by atoms with van der Waals surface area (Å²) < 4.78 is 26.4. The molecule has 0 saturated carbocycles. The average Bonchev–Trinajstić information content (AvgIpc) is 2.64.